The van der Waals surface area contributed by atoms with Crippen LogP contribution in [0.2, 0.25) is 5.02 Å². The van der Waals surface area contributed by atoms with Crippen molar-refractivity contribution in [2.75, 3.05) is 32.2 Å². The van der Waals surface area contributed by atoms with Crippen LogP contribution in [0.4, 0.5) is 18.9 Å². The molecular weight excluding hydrogens is 479 g/mol. The molecule has 3 aromatic rings. The third-order valence-corrected chi connectivity index (χ3v) is 4.74. The second-order valence-corrected chi connectivity index (χ2v) is 7.23. The standard InChI is InChI=1S/C23H19ClF3NO6/c1-31-10-11-32-19-7-6-14(23(25,26)27)12-17(19)28-21(29)13-33-22(30)20-9-8-18(34-20)15-4-2-3-5-16(15)24/h2-9,12H,10-11,13H2,1H3,(H,28,29). The maximum Gasteiger partial charge on any atom is 0.416 e. The van der Waals surface area contributed by atoms with Gasteiger partial charge < -0.3 is 23.9 Å². The highest BCUT2D eigenvalue weighted by Crippen LogP contribution is 2.35. The van der Waals surface area contributed by atoms with E-state index >= 15 is 0 Å². The van der Waals surface area contributed by atoms with Crippen LogP contribution in [0.5, 0.6) is 5.75 Å². The number of ether oxygens (including phenoxy) is 3. The number of hydrogen-bond acceptors (Lipinski definition) is 6. The fraction of sp³-hybridized carbons (Fsp3) is 0.217. The number of alkyl halides is 3. The van der Waals surface area contributed by atoms with Crippen molar-refractivity contribution in [3.63, 3.8) is 0 Å². The van der Waals surface area contributed by atoms with Crippen molar-refractivity contribution in [2.45, 2.75) is 6.18 Å². The summed E-state index contributed by atoms with van der Waals surface area (Å²) in [6.45, 7) is -0.536. The number of methoxy groups -OCH3 is 1. The van der Waals surface area contributed by atoms with Gasteiger partial charge in [-0.2, -0.15) is 13.2 Å². The van der Waals surface area contributed by atoms with Gasteiger partial charge in [-0.25, -0.2) is 4.79 Å². The molecule has 1 aromatic heterocycles. The van der Waals surface area contributed by atoms with Crippen molar-refractivity contribution in [2.24, 2.45) is 0 Å². The van der Waals surface area contributed by atoms with Crippen LogP contribution >= 0.6 is 11.6 Å². The van der Waals surface area contributed by atoms with Crippen molar-refractivity contribution in [3.8, 4) is 17.1 Å². The molecule has 0 bridgehead atoms. The number of benzene rings is 2. The summed E-state index contributed by atoms with van der Waals surface area (Å²) in [6, 6.07) is 12.3. The fourth-order valence-corrected chi connectivity index (χ4v) is 3.04. The minimum atomic E-state index is -4.63. The zero-order valence-corrected chi connectivity index (χ0v) is 18.5. The molecule has 180 valence electrons. The molecule has 3 rings (SSSR count). The van der Waals surface area contributed by atoms with Gasteiger partial charge in [0.15, 0.2) is 6.61 Å². The van der Waals surface area contributed by atoms with E-state index in [1.165, 1.54) is 19.2 Å². The highest BCUT2D eigenvalue weighted by molar-refractivity contribution is 6.33. The Kier molecular flexibility index (Phi) is 8.19. The Bertz CT molecular complexity index is 1160. The first kappa shape index (κ1) is 25.1. The Morgan fingerprint density at radius 3 is 2.53 bits per heavy atom. The van der Waals surface area contributed by atoms with E-state index in [-0.39, 0.29) is 30.4 Å². The number of rotatable bonds is 9. The Morgan fingerprint density at radius 2 is 1.82 bits per heavy atom. The third-order valence-electron chi connectivity index (χ3n) is 4.41. The SMILES string of the molecule is COCCOc1ccc(C(F)(F)F)cc1NC(=O)COC(=O)c1ccc(-c2ccccc2Cl)o1. The van der Waals surface area contributed by atoms with E-state index in [0.717, 1.165) is 18.2 Å². The largest absolute Gasteiger partial charge is 0.489 e. The van der Waals surface area contributed by atoms with E-state index in [4.69, 9.17) is 30.2 Å². The van der Waals surface area contributed by atoms with Crippen LogP contribution in [0, 0.1) is 0 Å². The highest BCUT2D eigenvalue weighted by atomic mass is 35.5. The summed E-state index contributed by atoms with van der Waals surface area (Å²) in [7, 11) is 1.43. The summed E-state index contributed by atoms with van der Waals surface area (Å²) >= 11 is 6.10. The van der Waals surface area contributed by atoms with Crippen molar-refractivity contribution >= 4 is 29.2 Å². The lowest BCUT2D eigenvalue weighted by Crippen LogP contribution is -2.21. The van der Waals surface area contributed by atoms with E-state index in [1.807, 2.05) is 0 Å². The lowest BCUT2D eigenvalue weighted by atomic mass is 10.1. The fourth-order valence-electron chi connectivity index (χ4n) is 2.81. The molecule has 0 aliphatic heterocycles. The van der Waals surface area contributed by atoms with Crippen LogP contribution < -0.4 is 10.1 Å². The molecule has 0 atom stereocenters. The number of hydrogen-bond donors (Lipinski definition) is 1. The van der Waals surface area contributed by atoms with Crippen molar-refractivity contribution in [1.82, 2.24) is 0 Å². The minimum absolute atomic E-state index is 0.000132. The van der Waals surface area contributed by atoms with Gasteiger partial charge in [0.2, 0.25) is 5.76 Å². The number of nitrogens with one attached hydrogen (secondary N) is 1. The first-order valence-corrected chi connectivity index (χ1v) is 10.2. The van der Waals surface area contributed by atoms with Crippen LogP contribution in [-0.2, 0) is 20.4 Å². The predicted octanol–water partition coefficient (Wildman–Crippen LogP) is 5.44. The van der Waals surface area contributed by atoms with Crippen LogP contribution in [0.15, 0.2) is 59.0 Å². The molecule has 0 saturated carbocycles. The molecule has 0 radical (unpaired) electrons. The summed E-state index contributed by atoms with van der Waals surface area (Å²) < 4.78 is 59.8. The lowest BCUT2D eigenvalue weighted by molar-refractivity contribution is -0.137. The Hall–Kier alpha value is -3.50. The molecule has 11 heteroatoms. The molecule has 1 N–H and O–H groups in total. The van der Waals surface area contributed by atoms with Crippen molar-refractivity contribution < 1.29 is 41.4 Å². The quantitative estimate of drug-likeness (QED) is 0.313. The smallest absolute Gasteiger partial charge is 0.416 e. The molecule has 0 aliphatic carbocycles. The van der Waals surface area contributed by atoms with Gasteiger partial charge in [-0.05, 0) is 42.5 Å². The average Bonchev–Trinajstić information content (AvgIpc) is 3.28. The van der Waals surface area contributed by atoms with Crippen molar-refractivity contribution in [3.05, 3.63) is 70.9 Å². The van der Waals surface area contributed by atoms with Gasteiger partial charge in [0, 0.05) is 12.7 Å². The number of esters is 1. The summed E-state index contributed by atoms with van der Waals surface area (Å²) in [4.78, 5) is 24.5. The number of anilines is 1. The molecule has 1 amide bonds. The van der Waals surface area contributed by atoms with Gasteiger partial charge in [-0.3, -0.25) is 4.79 Å². The minimum Gasteiger partial charge on any atom is -0.489 e. The van der Waals surface area contributed by atoms with Crippen LogP contribution in [0.3, 0.4) is 0 Å². The number of halogens is 4. The van der Waals surface area contributed by atoms with E-state index < -0.39 is 30.2 Å². The molecule has 0 unspecified atom stereocenters. The first-order chi connectivity index (χ1) is 16.2. The molecule has 0 fully saturated rings. The van der Waals surface area contributed by atoms with Crippen LogP contribution in [-0.4, -0.2) is 38.8 Å². The van der Waals surface area contributed by atoms with E-state index in [9.17, 15) is 22.8 Å². The van der Waals surface area contributed by atoms with Gasteiger partial charge in [0.1, 0.15) is 18.1 Å². The molecule has 1 heterocycles. The van der Waals surface area contributed by atoms with Gasteiger partial charge in [-0.15, -0.1) is 0 Å². The monoisotopic (exact) mass is 497 g/mol. The number of amides is 1. The normalized spacial score (nSPS) is 11.2. The maximum atomic E-state index is 13.1. The maximum absolute atomic E-state index is 13.1. The number of furan rings is 1. The predicted molar refractivity (Wildman–Crippen MR) is 117 cm³/mol. The van der Waals surface area contributed by atoms with Crippen LogP contribution in [0.1, 0.15) is 16.1 Å². The molecule has 0 aliphatic rings. The van der Waals surface area contributed by atoms with Gasteiger partial charge in [0.05, 0.1) is 22.9 Å². The van der Waals surface area contributed by atoms with Crippen molar-refractivity contribution in [1.29, 1.82) is 0 Å². The Balaban J connectivity index is 1.65. The van der Waals surface area contributed by atoms with Gasteiger partial charge >= 0.3 is 12.1 Å². The summed E-state index contributed by atoms with van der Waals surface area (Å²) in [5.74, 6) is -1.66. The molecular formula is C23H19ClF3NO6. The summed E-state index contributed by atoms with van der Waals surface area (Å²) in [5, 5.41) is 2.68. The first-order valence-electron chi connectivity index (χ1n) is 9.83. The van der Waals surface area contributed by atoms with Gasteiger partial charge in [-0.1, -0.05) is 23.7 Å². The van der Waals surface area contributed by atoms with E-state index in [2.05, 4.69) is 5.32 Å². The second kappa shape index (κ2) is 11.1. The lowest BCUT2D eigenvalue weighted by Gasteiger charge is -2.15. The molecule has 0 saturated heterocycles. The molecule has 2 aromatic carbocycles. The van der Waals surface area contributed by atoms with Crippen LogP contribution in [0.25, 0.3) is 11.3 Å². The summed E-state index contributed by atoms with van der Waals surface area (Å²) in [5.41, 5.74) is -0.654. The van der Waals surface area contributed by atoms with E-state index in [0.29, 0.717) is 16.3 Å². The zero-order chi connectivity index (χ0) is 24.7. The van der Waals surface area contributed by atoms with E-state index in [1.54, 1.807) is 24.3 Å². The highest BCUT2D eigenvalue weighted by Gasteiger charge is 2.31. The number of carbonyl (C=O) groups excluding carboxylic acids is 2. The zero-order valence-electron chi connectivity index (χ0n) is 17.8. The molecule has 7 nitrogen and oxygen atoms in total. The molecule has 34 heavy (non-hydrogen) atoms. The Labute approximate surface area is 197 Å². The summed E-state index contributed by atoms with van der Waals surface area (Å²) in [6.07, 6.45) is -4.63. The second-order valence-electron chi connectivity index (χ2n) is 6.82. The van der Waals surface area contributed by atoms with Gasteiger partial charge in [0.25, 0.3) is 5.91 Å². The Morgan fingerprint density at radius 1 is 1.06 bits per heavy atom. The number of carbonyl (C=O) groups is 2. The molecule has 0 spiro atoms. The average molecular weight is 498 g/mol. The topological polar surface area (TPSA) is 87.0 Å². The third kappa shape index (κ3) is 6.52.